The van der Waals surface area contributed by atoms with E-state index in [0.29, 0.717) is 11.7 Å². The molecule has 0 saturated heterocycles. The van der Waals surface area contributed by atoms with Gasteiger partial charge in [0.2, 0.25) is 5.89 Å². The van der Waals surface area contributed by atoms with Crippen LogP contribution in [0.25, 0.3) is 0 Å². The molecule has 1 fully saturated rings. The molecule has 2 N–H and O–H groups in total. The summed E-state index contributed by atoms with van der Waals surface area (Å²) in [5.74, 6) is 1.65. The Kier molecular flexibility index (Phi) is 2.07. The maximum absolute atomic E-state index is 5.94. The van der Waals surface area contributed by atoms with Gasteiger partial charge in [-0.2, -0.15) is 4.98 Å². The molecule has 4 nitrogen and oxygen atoms in total. The molecule has 1 saturated carbocycles. The first kappa shape index (κ1) is 11.6. The summed E-state index contributed by atoms with van der Waals surface area (Å²) < 4.78 is 5.35. The van der Waals surface area contributed by atoms with Crippen molar-refractivity contribution in [2.24, 2.45) is 16.6 Å². The summed E-state index contributed by atoms with van der Waals surface area (Å²) in [5, 5.41) is 3.97. The minimum Gasteiger partial charge on any atom is -0.339 e. The van der Waals surface area contributed by atoms with Crippen molar-refractivity contribution in [2.75, 3.05) is 0 Å². The summed E-state index contributed by atoms with van der Waals surface area (Å²) in [7, 11) is 0. The Bertz CT molecular complexity index is 398. The Balaban J connectivity index is 2.29. The Morgan fingerprint density at radius 1 is 1.19 bits per heavy atom. The highest BCUT2D eigenvalue weighted by Gasteiger charge is 2.68. The molecule has 16 heavy (non-hydrogen) atoms. The number of rotatable bonds is 2. The van der Waals surface area contributed by atoms with Gasteiger partial charge in [-0.1, -0.05) is 32.9 Å². The monoisotopic (exact) mass is 223 g/mol. The topological polar surface area (TPSA) is 64.9 Å². The summed E-state index contributed by atoms with van der Waals surface area (Å²) in [5.41, 5.74) is 5.84. The predicted octanol–water partition coefficient (Wildman–Crippen LogP) is 2.41. The molecule has 0 aliphatic heterocycles. The third-order valence-electron chi connectivity index (χ3n) is 4.29. The first-order valence-corrected chi connectivity index (χ1v) is 5.71. The molecular weight excluding hydrogens is 202 g/mol. The maximum atomic E-state index is 5.94. The molecule has 4 heteroatoms. The van der Waals surface area contributed by atoms with Crippen LogP contribution in [0.3, 0.4) is 0 Å². The standard InChI is InChI=1S/C12H21N3O/c1-10(2)7(11(10,3)4)8-14-9(15-16-8)12(5,6)13/h7H,13H2,1-6H3. The van der Waals surface area contributed by atoms with Crippen LogP contribution in [0.5, 0.6) is 0 Å². The van der Waals surface area contributed by atoms with Crippen LogP contribution >= 0.6 is 0 Å². The fourth-order valence-electron chi connectivity index (χ4n) is 2.43. The Morgan fingerprint density at radius 2 is 1.69 bits per heavy atom. The number of nitrogens with two attached hydrogens (primary N) is 1. The lowest BCUT2D eigenvalue weighted by atomic mass is 10.0. The zero-order valence-electron chi connectivity index (χ0n) is 11.0. The van der Waals surface area contributed by atoms with Crippen molar-refractivity contribution >= 4 is 0 Å². The zero-order valence-corrected chi connectivity index (χ0v) is 11.0. The van der Waals surface area contributed by atoms with Crippen LogP contribution in [-0.4, -0.2) is 10.1 Å². The highest BCUT2D eigenvalue weighted by atomic mass is 16.5. The normalized spacial score (nSPS) is 23.4. The number of hydrogen-bond donors (Lipinski definition) is 1. The highest BCUT2D eigenvalue weighted by Crippen LogP contribution is 2.73. The van der Waals surface area contributed by atoms with Crippen LogP contribution in [0.4, 0.5) is 0 Å². The first-order valence-electron chi connectivity index (χ1n) is 5.71. The second-order valence-electron chi connectivity index (χ2n) is 6.55. The molecule has 1 aliphatic rings. The van der Waals surface area contributed by atoms with E-state index in [4.69, 9.17) is 10.3 Å². The second-order valence-corrected chi connectivity index (χ2v) is 6.55. The van der Waals surface area contributed by atoms with Crippen LogP contribution in [-0.2, 0) is 5.54 Å². The smallest absolute Gasteiger partial charge is 0.230 e. The van der Waals surface area contributed by atoms with Crippen LogP contribution in [0.2, 0.25) is 0 Å². The summed E-state index contributed by atoms with van der Waals surface area (Å²) in [6.45, 7) is 12.7. The van der Waals surface area contributed by atoms with Crippen molar-refractivity contribution in [3.8, 4) is 0 Å². The van der Waals surface area contributed by atoms with E-state index in [0.717, 1.165) is 5.89 Å². The third kappa shape index (κ3) is 1.39. The first-order chi connectivity index (χ1) is 7.08. The van der Waals surface area contributed by atoms with Gasteiger partial charge in [-0.25, -0.2) is 0 Å². The van der Waals surface area contributed by atoms with Crippen LogP contribution in [0.15, 0.2) is 4.52 Å². The molecule has 0 atom stereocenters. The summed E-state index contributed by atoms with van der Waals surface area (Å²) in [6.07, 6.45) is 0. The van der Waals surface area contributed by atoms with E-state index in [1.807, 2.05) is 13.8 Å². The van der Waals surface area contributed by atoms with Crippen molar-refractivity contribution in [3.05, 3.63) is 11.7 Å². The quantitative estimate of drug-likeness (QED) is 0.836. The molecule has 1 aromatic rings. The lowest BCUT2D eigenvalue weighted by molar-refractivity contribution is 0.350. The Hall–Kier alpha value is -0.900. The number of hydrogen-bond acceptors (Lipinski definition) is 4. The average Bonchev–Trinajstić information content (AvgIpc) is 2.51. The minimum absolute atomic E-state index is 0.218. The van der Waals surface area contributed by atoms with Crippen LogP contribution in [0.1, 0.15) is 59.2 Å². The Morgan fingerprint density at radius 3 is 2.00 bits per heavy atom. The van der Waals surface area contributed by atoms with Gasteiger partial charge in [0.05, 0.1) is 5.54 Å². The molecule has 0 amide bonds. The van der Waals surface area contributed by atoms with Crippen molar-refractivity contribution in [2.45, 2.75) is 53.0 Å². The van der Waals surface area contributed by atoms with Crippen LogP contribution < -0.4 is 5.73 Å². The van der Waals surface area contributed by atoms with Crippen molar-refractivity contribution in [3.63, 3.8) is 0 Å². The molecule has 0 bridgehead atoms. The van der Waals surface area contributed by atoms with Gasteiger partial charge < -0.3 is 10.3 Å². The Labute approximate surface area is 96.6 Å². The van der Waals surface area contributed by atoms with Crippen LogP contribution in [0, 0.1) is 10.8 Å². The molecule has 90 valence electrons. The molecular formula is C12H21N3O. The molecule has 0 spiro atoms. The predicted molar refractivity (Wildman–Crippen MR) is 61.8 cm³/mol. The van der Waals surface area contributed by atoms with Gasteiger partial charge in [-0.05, 0) is 24.7 Å². The molecule has 2 rings (SSSR count). The third-order valence-corrected chi connectivity index (χ3v) is 4.29. The average molecular weight is 223 g/mol. The van der Waals surface area contributed by atoms with E-state index in [-0.39, 0.29) is 10.8 Å². The fraction of sp³-hybridized carbons (Fsp3) is 0.833. The minimum atomic E-state index is -0.537. The van der Waals surface area contributed by atoms with Gasteiger partial charge in [0, 0.05) is 5.92 Å². The van der Waals surface area contributed by atoms with Crippen molar-refractivity contribution in [1.82, 2.24) is 10.1 Å². The summed E-state index contributed by atoms with van der Waals surface area (Å²) in [4.78, 5) is 4.43. The highest BCUT2D eigenvalue weighted by molar-refractivity contribution is 5.25. The molecule has 1 aromatic heterocycles. The van der Waals surface area contributed by atoms with Gasteiger partial charge in [-0.3, -0.25) is 0 Å². The molecule has 1 heterocycles. The largest absolute Gasteiger partial charge is 0.339 e. The maximum Gasteiger partial charge on any atom is 0.230 e. The van der Waals surface area contributed by atoms with Gasteiger partial charge in [0.1, 0.15) is 0 Å². The molecule has 1 aliphatic carbocycles. The van der Waals surface area contributed by atoms with Crippen molar-refractivity contribution in [1.29, 1.82) is 0 Å². The lowest BCUT2D eigenvalue weighted by Crippen LogP contribution is -2.30. The fourth-order valence-corrected chi connectivity index (χ4v) is 2.43. The van der Waals surface area contributed by atoms with E-state index in [1.54, 1.807) is 0 Å². The molecule has 0 radical (unpaired) electrons. The van der Waals surface area contributed by atoms with Gasteiger partial charge >= 0.3 is 0 Å². The second kappa shape index (κ2) is 2.86. The van der Waals surface area contributed by atoms with Gasteiger partial charge in [0.15, 0.2) is 5.82 Å². The van der Waals surface area contributed by atoms with E-state index < -0.39 is 5.54 Å². The summed E-state index contributed by atoms with van der Waals surface area (Å²) in [6, 6.07) is 0. The van der Waals surface area contributed by atoms with E-state index in [1.165, 1.54) is 0 Å². The van der Waals surface area contributed by atoms with E-state index in [9.17, 15) is 0 Å². The lowest BCUT2D eigenvalue weighted by Gasteiger charge is -2.11. The molecule has 0 aromatic carbocycles. The SMILES string of the molecule is CC(C)(N)c1noc(C2C(C)(C)C2(C)C)n1. The van der Waals surface area contributed by atoms with Gasteiger partial charge in [-0.15, -0.1) is 0 Å². The zero-order chi connectivity index (χ0) is 12.4. The van der Waals surface area contributed by atoms with E-state index in [2.05, 4.69) is 37.8 Å². The summed E-state index contributed by atoms with van der Waals surface area (Å²) >= 11 is 0. The van der Waals surface area contributed by atoms with E-state index >= 15 is 0 Å². The number of aromatic nitrogens is 2. The van der Waals surface area contributed by atoms with Crippen molar-refractivity contribution < 1.29 is 4.52 Å². The number of nitrogens with zero attached hydrogens (tertiary/aromatic N) is 2. The van der Waals surface area contributed by atoms with Gasteiger partial charge in [0.25, 0.3) is 0 Å². The molecule has 0 unspecified atom stereocenters.